The minimum Gasteiger partial charge on any atom is -0.508 e. The van der Waals surface area contributed by atoms with Gasteiger partial charge in [-0.3, -0.25) is 24.0 Å². The van der Waals surface area contributed by atoms with E-state index in [0.29, 0.717) is 24.9 Å². The smallest absolute Gasteiger partial charge is 0.326 e. The predicted molar refractivity (Wildman–Crippen MR) is 140 cm³/mol. The number of nitrogens with two attached hydrogens (primary N) is 2. The molecule has 1 aromatic carbocycles. The van der Waals surface area contributed by atoms with Gasteiger partial charge in [-0.2, -0.15) is 0 Å². The Labute approximate surface area is 230 Å². The average molecular weight is 568 g/mol. The van der Waals surface area contributed by atoms with Gasteiger partial charge in [-0.25, -0.2) is 4.79 Å². The quantitative estimate of drug-likeness (QED) is 0.0879. The third-order valence-electron chi connectivity index (χ3n) is 5.86. The maximum atomic E-state index is 13.2. The van der Waals surface area contributed by atoms with Gasteiger partial charge in [-0.05, 0) is 56.3 Å². The Balaban J connectivity index is 3.15. The Morgan fingerprint density at radius 3 is 1.77 bits per heavy atom. The van der Waals surface area contributed by atoms with Crippen molar-refractivity contribution in [1.29, 1.82) is 0 Å². The van der Waals surface area contributed by atoms with Gasteiger partial charge in [0.25, 0.3) is 0 Å². The fourth-order valence-electron chi connectivity index (χ4n) is 3.60. The second-order valence-corrected chi connectivity index (χ2v) is 9.15. The lowest BCUT2D eigenvalue weighted by Crippen LogP contribution is -2.57. The van der Waals surface area contributed by atoms with Crippen molar-refractivity contribution in [2.24, 2.45) is 11.5 Å². The predicted octanol–water partition coefficient (Wildman–Crippen LogP) is -1.34. The van der Waals surface area contributed by atoms with Crippen LogP contribution in [0.4, 0.5) is 0 Å². The van der Waals surface area contributed by atoms with Crippen molar-refractivity contribution in [3.8, 4) is 5.75 Å². The molecule has 0 heterocycles. The van der Waals surface area contributed by atoms with Crippen molar-refractivity contribution in [3.63, 3.8) is 0 Å². The molecule has 3 amide bonds. The van der Waals surface area contributed by atoms with Crippen molar-refractivity contribution in [3.05, 3.63) is 29.8 Å². The van der Waals surface area contributed by atoms with E-state index in [-0.39, 0.29) is 31.4 Å². The van der Waals surface area contributed by atoms with Crippen molar-refractivity contribution >= 4 is 35.6 Å². The first-order valence-electron chi connectivity index (χ1n) is 12.6. The molecule has 222 valence electrons. The summed E-state index contributed by atoms with van der Waals surface area (Å²) in [6.07, 6.45) is -0.634. The lowest BCUT2D eigenvalue weighted by atomic mass is 10.0. The van der Waals surface area contributed by atoms with Gasteiger partial charge in [-0.15, -0.1) is 0 Å². The molecule has 0 aromatic heterocycles. The van der Waals surface area contributed by atoms with E-state index in [1.54, 1.807) is 0 Å². The number of carboxylic acids is 3. The SMILES string of the molecule is NCCCCC(NC(=O)C(Cc1ccc(O)cc1)NC(=O)C(CCC(=O)O)NC(=O)C(N)CCC(=O)O)C(=O)O. The summed E-state index contributed by atoms with van der Waals surface area (Å²) in [6, 6.07) is 0.324. The Morgan fingerprint density at radius 2 is 1.23 bits per heavy atom. The Hall–Kier alpha value is -4.24. The second kappa shape index (κ2) is 17.4. The topological polar surface area (TPSA) is 271 Å². The summed E-state index contributed by atoms with van der Waals surface area (Å²) in [5.41, 5.74) is 11.6. The van der Waals surface area contributed by atoms with Crippen molar-refractivity contribution in [2.75, 3.05) is 6.54 Å². The molecule has 15 nitrogen and oxygen atoms in total. The van der Waals surface area contributed by atoms with Crippen LogP contribution in [-0.4, -0.2) is 86.8 Å². The van der Waals surface area contributed by atoms with E-state index in [1.165, 1.54) is 24.3 Å². The summed E-state index contributed by atoms with van der Waals surface area (Å²) in [4.78, 5) is 72.4. The zero-order valence-electron chi connectivity index (χ0n) is 21.9. The normalized spacial score (nSPS) is 13.8. The van der Waals surface area contributed by atoms with Gasteiger partial charge in [0, 0.05) is 19.3 Å². The summed E-state index contributed by atoms with van der Waals surface area (Å²) in [7, 11) is 0. The average Bonchev–Trinajstić information content (AvgIpc) is 2.89. The number of hydrogen-bond donors (Lipinski definition) is 9. The number of phenols is 1. The zero-order chi connectivity index (χ0) is 30.2. The molecule has 0 radical (unpaired) electrons. The van der Waals surface area contributed by atoms with E-state index in [2.05, 4.69) is 16.0 Å². The number of aromatic hydroxyl groups is 1. The molecule has 0 aliphatic carbocycles. The fraction of sp³-hybridized carbons (Fsp3) is 0.520. The third-order valence-corrected chi connectivity index (χ3v) is 5.86. The van der Waals surface area contributed by atoms with E-state index in [9.17, 15) is 39.0 Å². The van der Waals surface area contributed by atoms with Crippen LogP contribution in [0.1, 0.15) is 50.5 Å². The molecule has 0 aliphatic rings. The largest absolute Gasteiger partial charge is 0.508 e. The minimum atomic E-state index is -1.45. The number of nitrogens with one attached hydrogen (secondary N) is 3. The first kappa shape index (κ1) is 33.8. The van der Waals surface area contributed by atoms with Gasteiger partial charge in [0.1, 0.15) is 23.9 Å². The molecule has 1 aromatic rings. The number of aliphatic carboxylic acids is 3. The Bertz CT molecular complexity index is 1030. The molecular formula is C25H37N5O10. The molecule has 4 atom stereocenters. The fourth-order valence-corrected chi connectivity index (χ4v) is 3.60. The first-order valence-corrected chi connectivity index (χ1v) is 12.6. The monoisotopic (exact) mass is 567 g/mol. The van der Waals surface area contributed by atoms with Crippen LogP contribution in [0.5, 0.6) is 5.75 Å². The van der Waals surface area contributed by atoms with Crippen molar-refractivity contribution in [2.45, 2.75) is 75.5 Å². The number of benzene rings is 1. The van der Waals surface area contributed by atoms with Crippen LogP contribution in [-0.2, 0) is 35.2 Å². The molecule has 0 bridgehead atoms. The van der Waals surface area contributed by atoms with Gasteiger partial charge in [-0.1, -0.05) is 12.1 Å². The van der Waals surface area contributed by atoms with Crippen LogP contribution < -0.4 is 27.4 Å². The van der Waals surface area contributed by atoms with E-state index in [0.717, 1.165) is 0 Å². The number of hydrogen-bond acceptors (Lipinski definition) is 9. The van der Waals surface area contributed by atoms with Gasteiger partial charge >= 0.3 is 17.9 Å². The minimum absolute atomic E-state index is 0.0460. The molecule has 0 aliphatic heterocycles. The van der Waals surface area contributed by atoms with Crippen LogP contribution >= 0.6 is 0 Å². The molecule has 40 heavy (non-hydrogen) atoms. The summed E-state index contributed by atoms with van der Waals surface area (Å²) in [5, 5.41) is 44.1. The summed E-state index contributed by atoms with van der Waals surface area (Å²) >= 11 is 0. The van der Waals surface area contributed by atoms with E-state index < -0.39 is 72.6 Å². The molecule has 0 fully saturated rings. The van der Waals surface area contributed by atoms with Crippen LogP contribution in [0, 0.1) is 0 Å². The second-order valence-electron chi connectivity index (χ2n) is 9.15. The molecule has 0 spiro atoms. The van der Waals surface area contributed by atoms with Crippen molar-refractivity contribution in [1.82, 2.24) is 16.0 Å². The van der Waals surface area contributed by atoms with E-state index >= 15 is 0 Å². The maximum absolute atomic E-state index is 13.2. The highest BCUT2D eigenvalue weighted by atomic mass is 16.4. The number of phenolic OH excluding ortho intramolecular Hbond substituents is 1. The lowest BCUT2D eigenvalue weighted by molar-refractivity contribution is -0.142. The van der Waals surface area contributed by atoms with Crippen LogP contribution in [0.15, 0.2) is 24.3 Å². The Morgan fingerprint density at radius 1 is 0.700 bits per heavy atom. The molecule has 15 heteroatoms. The molecule has 4 unspecified atom stereocenters. The van der Waals surface area contributed by atoms with Gasteiger partial charge < -0.3 is 47.8 Å². The summed E-state index contributed by atoms with van der Waals surface area (Å²) in [5.74, 6) is -6.46. The van der Waals surface area contributed by atoms with Crippen LogP contribution in [0.2, 0.25) is 0 Å². The number of unbranched alkanes of at least 4 members (excludes halogenated alkanes) is 1. The summed E-state index contributed by atoms with van der Waals surface area (Å²) in [6.45, 7) is 0.337. The van der Waals surface area contributed by atoms with Gasteiger partial charge in [0.15, 0.2) is 0 Å². The number of carbonyl (C=O) groups excluding carboxylic acids is 3. The third kappa shape index (κ3) is 13.0. The molecule has 11 N–H and O–H groups in total. The number of carboxylic acid groups (broad SMARTS) is 3. The van der Waals surface area contributed by atoms with Crippen LogP contribution in [0.3, 0.4) is 0 Å². The van der Waals surface area contributed by atoms with E-state index in [1.807, 2.05) is 0 Å². The van der Waals surface area contributed by atoms with Gasteiger partial charge in [0.05, 0.1) is 6.04 Å². The van der Waals surface area contributed by atoms with Crippen LogP contribution in [0.25, 0.3) is 0 Å². The molecular weight excluding hydrogens is 530 g/mol. The zero-order valence-corrected chi connectivity index (χ0v) is 21.9. The first-order chi connectivity index (χ1) is 18.8. The highest BCUT2D eigenvalue weighted by molar-refractivity contribution is 5.94. The van der Waals surface area contributed by atoms with E-state index in [4.69, 9.17) is 21.7 Å². The number of amides is 3. The molecule has 0 saturated carbocycles. The lowest BCUT2D eigenvalue weighted by Gasteiger charge is -2.25. The summed E-state index contributed by atoms with van der Waals surface area (Å²) < 4.78 is 0. The Kier molecular flexibility index (Phi) is 14.7. The van der Waals surface area contributed by atoms with Crippen molar-refractivity contribution < 1.29 is 49.2 Å². The number of rotatable bonds is 19. The highest BCUT2D eigenvalue weighted by Crippen LogP contribution is 2.13. The molecule has 1 rings (SSSR count). The number of carbonyl (C=O) groups is 6. The van der Waals surface area contributed by atoms with Gasteiger partial charge in [0.2, 0.25) is 17.7 Å². The standard InChI is InChI=1S/C25H37N5O10/c26-12-2-1-3-18(25(39)40)29-24(38)19(13-14-4-6-15(31)7-5-14)30-23(37)17(9-11-21(34)35)28-22(36)16(27)8-10-20(32)33/h4-7,16-19,31H,1-3,8-13,26-27H2,(H,28,36)(H,29,38)(H,30,37)(H,32,33)(H,34,35)(H,39,40). The molecule has 0 saturated heterocycles. The highest BCUT2D eigenvalue weighted by Gasteiger charge is 2.31. The maximum Gasteiger partial charge on any atom is 0.326 e.